The van der Waals surface area contributed by atoms with Gasteiger partial charge in [-0.05, 0) is 31.3 Å². The number of aliphatic hydroxyl groups excluding tert-OH is 1. The molecule has 0 aliphatic heterocycles. The number of nitrogens with one attached hydrogen (secondary N) is 1. The number of rotatable bonds is 5. The molecule has 1 rings (SSSR count). The first-order chi connectivity index (χ1) is 7.65. The van der Waals surface area contributed by atoms with Crippen LogP contribution in [0.5, 0.6) is 0 Å². The van der Waals surface area contributed by atoms with Crippen molar-refractivity contribution in [2.24, 2.45) is 5.73 Å². The normalized spacial score (nSPS) is 27.4. The third-order valence-corrected chi connectivity index (χ3v) is 3.67. The number of hydrogen-bond acceptors (Lipinski definition) is 4. The van der Waals surface area contributed by atoms with Gasteiger partial charge in [-0.15, -0.1) is 0 Å². The van der Waals surface area contributed by atoms with Crippen LogP contribution in [0.3, 0.4) is 0 Å². The average Bonchev–Trinajstić information content (AvgIpc) is 2.28. The van der Waals surface area contributed by atoms with Crippen LogP contribution >= 0.6 is 11.8 Å². The Kier molecular flexibility index (Phi) is 6.16. The Hall–Kier alpha value is -0.260. The molecule has 0 radical (unpaired) electrons. The number of nitrogens with two attached hydrogens (primary N) is 1. The number of amides is 1. The molecule has 0 saturated heterocycles. The predicted molar refractivity (Wildman–Crippen MR) is 67.4 cm³/mol. The van der Waals surface area contributed by atoms with Crippen LogP contribution in [-0.4, -0.2) is 41.2 Å². The molecule has 1 aliphatic carbocycles. The molecule has 1 saturated carbocycles. The fourth-order valence-electron chi connectivity index (χ4n) is 1.95. The van der Waals surface area contributed by atoms with Crippen molar-refractivity contribution in [3.05, 3.63) is 0 Å². The lowest BCUT2D eigenvalue weighted by atomic mass is 9.92. The number of thioether (sulfide) groups is 1. The molecule has 94 valence electrons. The fraction of sp³-hybridized carbons (Fsp3) is 0.909. The van der Waals surface area contributed by atoms with E-state index in [0.29, 0.717) is 6.42 Å². The van der Waals surface area contributed by atoms with Crippen molar-refractivity contribution in [2.75, 3.05) is 12.0 Å². The Morgan fingerprint density at radius 1 is 1.56 bits per heavy atom. The summed E-state index contributed by atoms with van der Waals surface area (Å²) in [5.74, 6) is 0.766. The van der Waals surface area contributed by atoms with Gasteiger partial charge in [0.2, 0.25) is 5.91 Å². The van der Waals surface area contributed by atoms with E-state index in [9.17, 15) is 9.90 Å². The molecule has 4 nitrogen and oxygen atoms in total. The fourth-order valence-corrected chi connectivity index (χ4v) is 2.43. The second kappa shape index (κ2) is 7.14. The zero-order chi connectivity index (χ0) is 12.0. The van der Waals surface area contributed by atoms with E-state index in [4.69, 9.17) is 5.73 Å². The lowest BCUT2D eigenvalue weighted by Gasteiger charge is -2.29. The first-order valence-electron chi connectivity index (χ1n) is 5.88. The third-order valence-electron chi connectivity index (χ3n) is 3.03. The van der Waals surface area contributed by atoms with Crippen molar-refractivity contribution >= 4 is 17.7 Å². The summed E-state index contributed by atoms with van der Waals surface area (Å²) in [6.45, 7) is 0. The Bertz CT molecular complexity index is 226. The van der Waals surface area contributed by atoms with Crippen molar-refractivity contribution < 1.29 is 9.90 Å². The number of aliphatic hydroxyl groups is 1. The minimum absolute atomic E-state index is 0.0958. The number of carbonyl (C=O) groups excluding carboxylic acids is 1. The summed E-state index contributed by atoms with van der Waals surface area (Å²) in [7, 11) is 0. The third kappa shape index (κ3) is 4.31. The molecule has 3 atom stereocenters. The van der Waals surface area contributed by atoms with Crippen LogP contribution < -0.4 is 11.1 Å². The highest BCUT2D eigenvalue weighted by Gasteiger charge is 2.26. The van der Waals surface area contributed by atoms with Crippen LogP contribution in [-0.2, 0) is 4.79 Å². The van der Waals surface area contributed by atoms with Gasteiger partial charge in [0, 0.05) is 0 Å². The van der Waals surface area contributed by atoms with E-state index in [1.54, 1.807) is 11.8 Å². The number of hydrogen-bond donors (Lipinski definition) is 3. The van der Waals surface area contributed by atoms with Gasteiger partial charge < -0.3 is 16.2 Å². The molecule has 0 bridgehead atoms. The van der Waals surface area contributed by atoms with Gasteiger partial charge in [-0.3, -0.25) is 4.79 Å². The largest absolute Gasteiger partial charge is 0.391 e. The Morgan fingerprint density at radius 2 is 2.25 bits per heavy atom. The van der Waals surface area contributed by atoms with E-state index in [1.165, 1.54) is 0 Å². The highest BCUT2D eigenvalue weighted by molar-refractivity contribution is 7.98. The molecule has 5 heteroatoms. The maximum Gasteiger partial charge on any atom is 0.237 e. The maximum absolute atomic E-state index is 11.7. The average molecular weight is 246 g/mol. The van der Waals surface area contributed by atoms with Crippen molar-refractivity contribution in [3.63, 3.8) is 0 Å². The molecule has 1 amide bonds. The summed E-state index contributed by atoms with van der Waals surface area (Å²) in [5, 5.41) is 12.6. The van der Waals surface area contributed by atoms with Gasteiger partial charge in [-0.2, -0.15) is 11.8 Å². The zero-order valence-corrected chi connectivity index (χ0v) is 10.6. The summed E-state index contributed by atoms with van der Waals surface area (Å²) in [6.07, 6.45) is 6.05. The predicted octanol–water partition coefficient (Wildman–Crippen LogP) is 0.486. The molecule has 16 heavy (non-hydrogen) atoms. The summed E-state index contributed by atoms with van der Waals surface area (Å²) in [5.41, 5.74) is 5.76. The standard InChI is InChI=1S/C11H22N2O2S/c1-16-7-6-8(12)11(15)13-9-4-2-3-5-10(9)14/h8-10,14H,2-7,12H2,1H3,(H,13,15)/t8-,9-,10-/m1/s1. The molecule has 1 aliphatic rings. The minimum atomic E-state index is -0.443. The maximum atomic E-state index is 11.7. The molecule has 0 spiro atoms. The molecule has 0 unspecified atom stereocenters. The van der Waals surface area contributed by atoms with Crippen LogP contribution in [0.2, 0.25) is 0 Å². The van der Waals surface area contributed by atoms with Gasteiger partial charge in [0.15, 0.2) is 0 Å². The zero-order valence-electron chi connectivity index (χ0n) is 9.82. The highest BCUT2D eigenvalue weighted by atomic mass is 32.2. The van der Waals surface area contributed by atoms with Gasteiger partial charge in [-0.25, -0.2) is 0 Å². The number of carbonyl (C=O) groups is 1. The van der Waals surface area contributed by atoms with Gasteiger partial charge >= 0.3 is 0 Å². The molecule has 0 heterocycles. The van der Waals surface area contributed by atoms with Crippen molar-refractivity contribution in [1.29, 1.82) is 0 Å². The highest BCUT2D eigenvalue weighted by Crippen LogP contribution is 2.18. The summed E-state index contributed by atoms with van der Waals surface area (Å²) in [6, 6.07) is -0.539. The van der Waals surface area contributed by atoms with Crippen LogP contribution in [0.1, 0.15) is 32.1 Å². The Balaban J connectivity index is 2.31. The van der Waals surface area contributed by atoms with Gasteiger partial charge in [0.05, 0.1) is 18.2 Å². The van der Waals surface area contributed by atoms with Crippen LogP contribution in [0.25, 0.3) is 0 Å². The van der Waals surface area contributed by atoms with Gasteiger partial charge in [0.25, 0.3) is 0 Å². The van der Waals surface area contributed by atoms with E-state index in [1.807, 2.05) is 6.26 Å². The second-order valence-corrected chi connectivity index (χ2v) is 5.34. The summed E-state index contributed by atoms with van der Waals surface area (Å²) in [4.78, 5) is 11.7. The monoisotopic (exact) mass is 246 g/mol. The van der Waals surface area contributed by atoms with Crippen LogP contribution in [0.4, 0.5) is 0 Å². The SMILES string of the molecule is CSCC[C@@H](N)C(=O)N[C@@H]1CCCC[C@H]1O. The van der Waals surface area contributed by atoms with Crippen molar-refractivity contribution in [3.8, 4) is 0 Å². The molecular weight excluding hydrogens is 224 g/mol. The van der Waals surface area contributed by atoms with E-state index in [-0.39, 0.29) is 11.9 Å². The van der Waals surface area contributed by atoms with Crippen LogP contribution in [0.15, 0.2) is 0 Å². The van der Waals surface area contributed by atoms with E-state index >= 15 is 0 Å². The molecule has 0 aromatic rings. The molecule has 0 aromatic carbocycles. The first-order valence-corrected chi connectivity index (χ1v) is 7.27. The van der Waals surface area contributed by atoms with E-state index < -0.39 is 12.1 Å². The van der Waals surface area contributed by atoms with Crippen molar-refractivity contribution in [2.45, 2.75) is 50.3 Å². The molecular formula is C11H22N2O2S. The Labute approximate surface area is 101 Å². The minimum Gasteiger partial charge on any atom is -0.391 e. The van der Waals surface area contributed by atoms with Gasteiger partial charge in [0.1, 0.15) is 0 Å². The molecule has 1 fully saturated rings. The van der Waals surface area contributed by atoms with E-state index in [2.05, 4.69) is 5.32 Å². The van der Waals surface area contributed by atoms with Crippen LogP contribution in [0, 0.1) is 0 Å². The topological polar surface area (TPSA) is 75.4 Å². The summed E-state index contributed by atoms with van der Waals surface area (Å²) >= 11 is 1.68. The van der Waals surface area contributed by atoms with Gasteiger partial charge in [-0.1, -0.05) is 12.8 Å². The van der Waals surface area contributed by atoms with E-state index in [0.717, 1.165) is 31.4 Å². The molecule has 0 aromatic heterocycles. The second-order valence-electron chi connectivity index (χ2n) is 4.35. The molecule has 4 N–H and O–H groups in total. The quantitative estimate of drug-likeness (QED) is 0.660. The first kappa shape index (κ1) is 13.8. The van der Waals surface area contributed by atoms with Crippen molar-refractivity contribution in [1.82, 2.24) is 5.32 Å². The lowest BCUT2D eigenvalue weighted by Crippen LogP contribution is -2.50. The smallest absolute Gasteiger partial charge is 0.237 e. The Morgan fingerprint density at radius 3 is 2.88 bits per heavy atom. The summed E-state index contributed by atoms with van der Waals surface area (Å²) < 4.78 is 0. The lowest BCUT2D eigenvalue weighted by molar-refractivity contribution is -0.124.